The van der Waals surface area contributed by atoms with Crippen LogP contribution in [0, 0.1) is 13.8 Å². The second-order valence-corrected chi connectivity index (χ2v) is 5.83. The fourth-order valence-electron chi connectivity index (χ4n) is 3.08. The van der Waals surface area contributed by atoms with Gasteiger partial charge in [0.05, 0.1) is 5.69 Å². The van der Waals surface area contributed by atoms with E-state index in [2.05, 4.69) is 25.9 Å². The molecular weight excluding hydrogens is 296 g/mol. The molecule has 0 bridgehead atoms. The van der Waals surface area contributed by atoms with Crippen LogP contribution >= 0.6 is 0 Å². The van der Waals surface area contributed by atoms with Gasteiger partial charge in [-0.05, 0) is 26.3 Å². The Morgan fingerprint density at radius 1 is 1.48 bits per heavy atom. The number of fused-ring (bicyclic) bond motifs is 1. The summed E-state index contributed by atoms with van der Waals surface area (Å²) in [6.45, 7) is 4.65. The van der Waals surface area contributed by atoms with Crippen LogP contribution in [0.3, 0.4) is 0 Å². The van der Waals surface area contributed by atoms with Crippen molar-refractivity contribution in [3.8, 4) is 0 Å². The van der Waals surface area contributed by atoms with Crippen LogP contribution < -0.4 is 10.6 Å². The number of hydrogen-bond donors (Lipinski definition) is 3. The quantitative estimate of drug-likeness (QED) is 0.785. The minimum absolute atomic E-state index is 0.0614. The number of carbonyl (C=O) groups excluding carboxylic acids is 2. The van der Waals surface area contributed by atoms with Gasteiger partial charge in [0.15, 0.2) is 5.82 Å². The lowest BCUT2D eigenvalue weighted by molar-refractivity contribution is -0.116. The highest BCUT2D eigenvalue weighted by Gasteiger charge is 2.32. The number of rotatable bonds is 4. The summed E-state index contributed by atoms with van der Waals surface area (Å²) in [6, 6.07) is 2.02. The second kappa shape index (κ2) is 5.86. The van der Waals surface area contributed by atoms with Gasteiger partial charge in [0.25, 0.3) is 5.91 Å². The Morgan fingerprint density at radius 3 is 2.91 bits per heavy atom. The number of aromatic amines is 1. The lowest BCUT2D eigenvalue weighted by Gasteiger charge is -2.22. The summed E-state index contributed by atoms with van der Waals surface area (Å²) in [4.78, 5) is 23.9. The van der Waals surface area contributed by atoms with Crippen LogP contribution in [0.5, 0.6) is 0 Å². The highest BCUT2D eigenvalue weighted by Crippen LogP contribution is 2.35. The van der Waals surface area contributed by atoms with Gasteiger partial charge in [-0.3, -0.25) is 19.4 Å². The first-order valence-electron chi connectivity index (χ1n) is 7.60. The van der Waals surface area contributed by atoms with Crippen LogP contribution in [-0.4, -0.2) is 38.8 Å². The third-order valence-corrected chi connectivity index (χ3v) is 4.15. The van der Waals surface area contributed by atoms with E-state index in [1.54, 1.807) is 7.05 Å². The van der Waals surface area contributed by atoms with Gasteiger partial charge in [-0.1, -0.05) is 0 Å². The summed E-state index contributed by atoms with van der Waals surface area (Å²) in [6.07, 6.45) is 1.06. The van der Waals surface area contributed by atoms with Crippen LogP contribution in [0.4, 0.5) is 5.82 Å². The molecule has 3 rings (SSSR count). The largest absolute Gasteiger partial charge is 0.354 e. The van der Waals surface area contributed by atoms with E-state index in [9.17, 15) is 9.59 Å². The fraction of sp³-hybridized carbons (Fsp3) is 0.467. The summed E-state index contributed by atoms with van der Waals surface area (Å²) >= 11 is 0. The number of anilines is 1. The smallest absolute Gasteiger partial charge is 0.269 e. The SMILES string of the molecule is CNC(=O)c1[nH]nc2c1C(CCn1nc(C)cc1C)CC(=O)N2. The van der Waals surface area contributed by atoms with Gasteiger partial charge < -0.3 is 10.6 Å². The maximum Gasteiger partial charge on any atom is 0.269 e. The molecule has 0 spiro atoms. The average Bonchev–Trinajstić information content (AvgIpc) is 3.07. The molecule has 2 amide bonds. The maximum absolute atomic E-state index is 12.0. The molecule has 1 unspecified atom stereocenters. The lowest BCUT2D eigenvalue weighted by Crippen LogP contribution is -2.26. The Morgan fingerprint density at radius 2 is 2.26 bits per heavy atom. The summed E-state index contributed by atoms with van der Waals surface area (Å²) in [5, 5.41) is 16.6. The Bertz CT molecular complexity index is 760. The number of nitrogens with one attached hydrogen (secondary N) is 3. The van der Waals surface area contributed by atoms with Gasteiger partial charge in [-0.15, -0.1) is 0 Å². The number of aryl methyl sites for hydroxylation is 3. The van der Waals surface area contributed by atoms with E-state index in [1.165, 1.54) is 0 Å². The molecule has 3 N–H and O–H groups in total. The Labute approximate surface area is 133 Å². The summed E-state index contributed by atoms with van der Waals surface area (Å²) in [7, 11) is 1.57. The van der Waals surface area contributed by atoms with E-state index in [0.29, 0.717) is 30.9 Å². The second-order valence-electron chi connectivity index (χ2n) is 5.83. The number of hydrogen-bond acceptors (Lipinski definition) is 4. The topological polar surface area (TPSA) is 105 Å². The maximum atomic E-state index is 12.0. The first-order valence-corrected chi connectivity index (χ1v) is 7.60. The molecule has 3 heterocycles. The molecule has 23 heavy (non-hydrogen) atoms. The molecule has 2 aromatic rings. The monoisotopic (exact) mass is 316 g/mol. The Kier molecular flexibility index (Phi) is 3.89. The van der Waals surface area contributed by atoms with E-state index in [1.807, 2.05) is 24.6 Å². The lowest BCUT2D eigenvalue weighted by atomic mass is 9.89. The minimum atomic E-state index is -0.231. The van der Waals surface area contributed by atoms with Crippen molar-refractivity contribution in [2.24, 2.45) is 0 Å². The molecule has 1 atom stereocenters. The summed E-state index contributed by atoms with van der Waals surface area (Å²) < 4.78 is 1.93. The molecule has 0 aliphatic carbocycles. The van der Waals surface area contributed by atoms with E-state index in [4.69, 9.17) is 0 Å². The standard InChI is InChI=1S/C15H20N6O2/c1-8-6-9(2)21(20-8)5-4-10-7-11(22)17-14-12(10)13(18-19-14)15(23)16-3/h6,10H,4-5,7H2,1-3H3,(H,16,23)(H2,17,18,19,22). The van der Waals surface area contributed by atoms with Crippen LogP contribution in [0.15, 0.2) is 6.07 Å². The van der Waals surface area contributed by atoms with Crippen LogP contribution in [0.1, 0.15) is 46.2 Å². The molecule has 0 radical (unpaired) electrons. The van der Waals surface area contributed by atoms with Crippen molar-refractivity contribution >= 4 is 17.6 Å². The molecule has 0 saturated carbocycles. The molecule has 1 aliphatic rings. The number of aromatic nitrogens is 4. The van der Waals surface area contributed by atoms with Gasteiger partial charge >= 0.3 is 0 Å². The van der Waals surface area contributed by atoms with Crippen molar-refractivity contribution in [3.63, 3.8) is 0 Å². The molecular formula is C15H20N6O2. The van der Waals surface area contributed by atoms with Crippen molar-refractivity contribution in [2.75, 3.05) is 12.4 Å². The molecule has 122 valence electrons. The molecule has 0 aromatic carbocycles. The first-order chi connectivity index (χ1) is 11.0. The highest BCUT2D eigenvalue weighted by atomic mass is 16.2. The van der Waals surface area contributed by atoms with Crippen molar-refractivity contribution < 1.29 is 9.59 Å². The fourth-order valence-corrected chi connectivity index (χ4v) is 3.08. The third-order valence-electron chi connectivity index (χ3n) is 4.15. The van der Waals surface area contributed by atoms with E-state index < -0.39 is 0 Å². The van der Waals surface area contributed by atoms with E-state index >= 15 is 0 Å². The van der Waals surface area contributed by atoms with Crippen LogP contribution in [0.2, 0.25) is 0 Å². The Hall–Kier alpha value is -2.64. The summed E-state index contributed by atoms with van der Waals surface area (Å²) in [5.41, 5.74) is 3.26. The molecule has 8 heteroatoms. The Balaban J connectivity index is 1.85. The van der Waals surface area contributed by atoms with Gasteiger partial charge in [0, 0.05) is 37.2 Å². The van der Waals surface area contributed by atoms with Crippen LogP contribution in [0.25, 0.3) is 0 Å². The van der Waals surface area contributed by atoms with Gasteiger partial charge in [-0.2, -0.15) is 10.2 Å². The molecule has 2 aromatic heterocycles. The number of nitrogens with zero attached hydrogens (tertiary/aromatic N) is 3. The molecule has 0 saturated heterocycles. The van der Waals surface area contributed by atoms with Crippen LogP contribution in [-0.2, 0) is 11.3 Å². The van der Waals surface area contributed by atoms with Crippen molar-refractivity contribution in [2.45, 2.75) is 39.2 Å². The highest BCUT2D eigenvalue weighted by molar-refractivity contribution is 6.00. The van der Waals surface area contributed by atoms with Crippen molar-refractivity contribution in [1.29, 1.82) is 0 Å². The minimum Gasteiger partial charge on any atom is -0.354 e. The van der Waals surface area contributed by atoms with Crippen molar-refractivity contribution in [3.05, 3.63) is 28.7 Å². The third kappa shape index (κ3) is 2.84. The number of amides is 2. The summed E-state index contributed by atoms with van der Waals surface area (Å²) in [5.74, 6) is 0.0868. The molecule has 1 aliphatic heterocycles. The zero-order chi connectivity index (χ0) is 16.6. The zero-order valence-electron chi connectivity index (χ0n) is 13.4. The predicted molar refractivity (Wildman–Crippen MR) is 84.3 cm³/mol. The van der Waals surface area contributed by atoms with Crippen molar-refractivity contribution in [1.82, 2.24) is 25.3 Å². The average molecular weight is 316 g/mol. The van der Waals surface area contributed by atoms with E-state index in [-0.39, 0.29) is 17.7 Å². The van der Waals surface area contributed by atoms with Gasteiger partial charge in [0.1, 0.15) is 5.69 Å². The van der Waals surface area contributed by atoms with Gasteiger partial charge in [-0.25, -0.2) is 0 Å². The predicted octanol–water partition coefficient (Wildman–Crippen LogP) is 1.10. The first kappa shape index (κ1) is 15.3. The number of H-pyrrole nitrogens is 1. The molecule has 8 nitrogen and oxygen atoms in total. The zero-order valence-corrected chi connectivity index (χ0v) is 13.4. The van der Waals surface area contributed by atoms with Gasteiger partial charge in [0.2, 0.25) is 5.91 Å². The molecule has 0 fully saturated rings. The normalized spacial score (nSPS) is 16.8. The van der Waals surface area contributed by atoms with E-state index in [0.717, 1.165) is 17.0 Å². The number of carbonyl (C=O) groups is 2.